The fraction of sp³-hybridized carbons (Fsp3) is 0.778. The first-order valence-electron chi connectivity index (χ1n) is 4.74. The molecule has 88 valence electrons. The normalized spacial score (nSPS) is 14.3. The SMILES string of the molecule is CCSCCC(NC(=O)C(C)Br)C(=O)O. The molecule has 0 aromatic carbocycles. The molecule has 4 nitrogen and oxygen atoms in total. The van der Waals surface area contributed by atoms with Crippen LogP contribution in [0.3, 0.4) is 0 Å². The highest BCUT2D eigenvalue weighted by Crippen LogP contribution is 2.06. The third kappa shape index (κ3) is 6.78. The number of nitrogens with one attached hydrogen (secondary N) is 1. The van der Waals surface area contributed by atoms with Gasteiger partial charge in [0.05, 0.1) is 4.83 Å². The quantitative estimate of drug-likeness (QED) is 0.552. The van der Waals surface area contributed by atoms with E-state index in [-0.39, 0.29) is 10.7 Å². The Morgan fingerprint density at radius 1 is 1.53 bits per heavy atom. The van der Waals surface area contributed by atoms with Gasteiger partial charge < -0.3 is 10.4 Å². The molecule has 0 saturated heterocycles. The van der Waals surface area contributed by atoms with Crippen molar-refractivity contribution in [2.75, 3.05) is 11.5 Å². The zero-order chi connectivity index (χ0) is 11.8. The minimum absolute atomic E-state index is 0.288. The van der Waals surface area contributed by atoms with E-state index in [0.29, 0.717) is 6.42 Å². The predicted molar refractivity (Wildman–Crippen MR) is 65.6 cm³/mol. The van der Waals surface area contributed by atoms with Crippen LogP contribution in [0.15, 0.2) is 0 Å². The summed E-state index contributed by atoms with van der Waals surface area (Å²) in [6, 6.07) is -0.781. The average Bonchev–Trinajstić information content (AvgIpc) is 2.15. The second-order valence-electron chi connectivity index (χ2n) is 3.00. The van der Waals surface area contributed by atoms with E-state index in [9.17, 15) is 9.59 Å². The first kappa shape index (κ1) is 14.8. The minimum Gasteiger partial charge on any atom is -0.480 e. The lowest BCUT2D eigenvalue weighted by molar-refractivity contribution is -0.141. The standard InChI is InChI=1S/C9H16BrNO3S/c1-3-15-5-4-7(9(13)14)11-8(12)6(2)10/h6-7H,3-5H2,1-2H3,(H,11,12)(H,13,14). The number of amides is 1. The van der Waals surface area contributed by atoms with Crippen LogP contribution in [0.5, 0.6) is 0 Å². The van der Waals surface area contributed by atoms with Crippen LogP contribution >= 0.6 is 27.7 Å². The molecule has 0 spiro atoms. The fourth-order valence-electron chi connectivity index (χ4n) is 0.889. The van der Waals surface area contributed by atoms with E-state index in [1.54, 1.807) is 18.7 Å². The molecule has 15 heavy (non-hydrogen) atoms. The Balaban J connectivity index is 4.05. The summed E-state index contributed by atoms with van der Waals surface area (Å²) in [4.78, 5) is 21.7. The van der Waals surface area contributed by atoms with Crippen LogP contribution in [0.4, 0.5) is 0 Å². The van der Waals surface area contributed by atoms with Crippen LogP contribution in [-0.2, 0) is 9.59 Å². The molecule has 0 bridgehead atoms. The number of rotatable bonds is 7. The maximum absolute atomic E-state index is 11.3. The Kier molecular flexibility index (Phi) is 7.86. The van der Waals surface area contributed by atoms with E-state index in [0.717, 1.165) is 11.5 Å². The Hall–Kier alpha value is -0.230. The van der Waals surface area contributed by atoms with Gasteiger partial charge in [-0.05, 0) is 24.9 Å². The molecule has 0 aromatic heterocycles. The zero-order valence-corrected chi connectivity index (χ0v) is 11.2. The maximum Gasteiger partial charge on any atom is 0.326 e. The Morgan fingerprint density at radius 2 is 2.13 bits per heavy atom. The number of carboxylic acid groups (broad SMARTS) is 1. The van der Waals surface area contributed by atoms with Crippen molar-refractivity contribution in [2.24, 2.45) is 0 Å². The van der Waals surface area contributed by atoms with E-state index >= 15 is 0 Å². The van der Waals surface area contributed by atoms with Crippen LogP contribution in [0, 0.1) is 0 Å². The van der Waals surface area contributed by atoms with Crippen LogP contribution in [0.2, 0.25) is 0 Å². The molecule has 1 amide bonds. The van der Waals surface area contributed by atoms with Gasteiger partial charge in [0, 0.05) is 0 Å². The molecule has 0 aliphatic heterocycles. The maximum atomic E-state index is 11.3. The first-order chi connectivity index (χ1) is 6.99. The van der Waals surface area contributed by atoms with Gasteiger partial charge in [0.2, 0.25) is 5.91 Å². The molecule has 0 radical (unpaired) electrons. The van der Waals surface area contributed by atoms with Gasteiger partial charge in [-0.2, -0.15) is 11.8 Å². The van der Waals surface area contributed by atoms with Gasteiger partial charge in [0.15, 0.2) is 0 Å². The van der Waals surface area contributed by atoms with Gasteiger partial charge in [-0.1, -0.05) is 22.9 Å². The van der Waals surface area contributed by atoms with Crippen molar-refractivity contribution in [2.45, 2.75) is 31.1 Å². The molecule has 0 aliphatic rings. The zero-order valence-electron chi connectivity index (χ0n) is 8.83. The van der Waals surface area contributed by atoms with Crippen molar-refractivity contribution in [1.82, 2.24) is 5.32 Å². The summed E-state index contributed by atoms with van der Waals surface area (Å²) in [7, 11) is 0. The molecule has 2 unspecified atom stereocenters. The van der Waals surface area contributed by atoms with Crippen molar-refractivity contribution >= 4 is 39.6 Å². The van der Waals surface area contributed by atoms with Gasteiger partial charge >= 0.3 is 5.97 Å². The first-order valence-corrected chi connectivity index (χ1v) is 6.81. The van der Waals surface area contributed by atoms with Crippen LogP contribution in [0.1, 0.15) is 20.3 Å². The molecule has 0 fully saturated rings. The lowest BCUT2D eigenvalue weighted by atomic mass is 10.2. The van der Waals surface area contributed by atoms with Crippen molar-refractivity contribution in [3.05, 3.63) is 0 Å². The Labute approximate surface area is 102 Å². The fourth-order valence-corrected chi connectivity index (χ4v) is 1.71. The average molecular weight is 298 g/mol. The smallest absolute Gasteiger partial charge is 0.326 e. The van der Waals surface area contributed by atoms with Gasteiger partial charge in [0.25, 0.3) is 0 Å². The number of carbonyl (C=O) groups excluding carboxylic acids is 1. The highest BCUT2D eigenvalue weighted by Gasteiger charge is 2.21. The molecular weight excluding hydrogens is 282 g/mol. The number of carboxylic acids is 1. The van der Waals surface area contributed by atoms with Gasteiger partial charge in [-0.3, -0.25) is 4.79 Å². The number of halogens is 1. The van der Waals surface area contributed by atoms with E-state index in [2.05, 4.69) is 21.2 Å². The summed E-state index contributed by atoms with van der Waals surface area (Å²) in [5.74, 6) is 0.427. The van der Waals surface area contributed by atoms with Gasteiger partial charge in [-0.15, -0.1) is 0 Å². The molecule has 6 heteroatoms. The van der Waals surface area contributed by atoms with Crippen LogP contribution in [0.25, 0.3) is 0 Å². The second kappa shape index (κ2) is 7.98. The molecule has 2 atom stereocenters. The molecule has 0 aliphatic carbocycles. The number of hydrogen-bond donors (Lipinski definition) is 2. The Morgan fingerprint density at radius 3 is 2.53 bits per heavy atom. The molecular formula is C9H16BrNO3S. The number of hydrogen-bond acceptors (Lipinski definition) is 3. The van der Waals surface area contributed by atoms with Crippen molar-refractivity contribution < 1.29 is 14.7 Å². The van der Waals surface area contributed by atoms with Crippen LogP contribution < -0.4 is 5.32 Å². The highest BCUT2D eigenvalue weighted by atomic mass is 79.9. The second-order valence-corrected chi connectivity index (χ2v) is 5.77. The third-order valence-electron chi connectivity index (χ3n) is 1.73. The van der Waals surface area contributed by atoms with E-state index in [1.165, 1.54) is 0 Å². The molecule has 0 rings (SSSR count). The minimum atomic E-state index is -0.979. The third-order valence-corrected chi connectivity index (χ3v) is 3.08. The van der Waals surface area contributed by atoms with Crippen molar-refractivity contribution in [3.8, 4) is 0 Å². The van der Waals surface area contributed by atoms with Crippen LogP contribution in [-0.4, -0.2) is 39.4 Å². The number of thioether (sulfide) groups is 1. The highest BCUT2D eigenvalue weighted by molar-refractivity contribution is 9.10. The van der Waals surface area contributed by atoms with E-state index in [4.69, 9.17) is 5.11 Å². The number of alkyl halides is 1. The Bertz CT molecular complexity index is 223. The summed E-state index contributed by atoms with van der Waals surface area (Å²) < 4.78 is 0. The molecule has 2 N–H and O–H groups in total. The summed E-state index contributed by atoms with van der Waals surface area (Å²) in [6.45, 7) is 3.68. The lowest BCUT2D eigenvalue weighted by Gasteiger charge is -2.14. The monoisotopic (exact) mass is 297 g/mol. The number of carbonyl (C=O) groups is 2. The lowest BCUT2D eigenvalue weighted by Crippen LogP contribution is -2.43. The van der Waals surface area contributed by atoms with Gasteiger partial charge in [-0.25, -0.2) is 4.79 Å². The van der Waals surface area contributed by atoms with Crippen molar-refractivity contribution in [1.29, 1.82) is 0 Å². The van der Waals surface area contributed by atoms with E-state index in [1.807, 2.05) is 6.92 Å². The largest absolute Gasteiger partial charge is 0.480 e. The summed E-state index contributed by atoms with van der Waals surface area (Å²) >= 11 is 4.75. The van der Waals surface area contributed by atoms with Gasteiger partial charge in [0.1, 0.15) is 6.04 Å². The van der Waals surface area contributed by atoms with Crippen molar-refractivity contribution in [3.63, 3.8) is 0 Å². The summed E-state index contributed by atoms with van der Waals surface area (Å²) in [6.07, 6.45) is 0.458. The summed E-state index contributed by atoms with van der Waals surface area (Å²) in [5.41, 5.74) is 0. The molecule has 0 heterocycles. The summed E-state index contributed by atoms with van der Waals surface area (Å²) in [5, 5.41) is 11.3. The van der Waals surface area contributed by atoms with E-state index < -0.39 is 12.0 Å². The predicted octanol–water partition coefficient (Wildman–Crippen LogP) is 1.48. The molecule has 0 saturated carbocycles. The number of aliphatic carboxylic acids is 1. The topological polar surface area (TPSA) is 66.4 Å². The molecule has 0 aromatic rings.